The summed E-state index contributed by atoms with van der Waals surface area (Å²) in [6, 6.07) is 27.0. The van der Waals surface area contributed by atoms with Crippen LogP contribution in [0.15, 0.2) is 84.9 Å². The minimum absolute atomic E-state index is 0.0573. The maximum Gasteiger partial charge on any atom is 0.259 e. The summed E-state index contributed by atoms with van der Waals surface area (Å²) < 4.78 is 5.84. The van der Waals surface area contributed by atoms with Crippen LogP contribution in [0, 0.1) is 0 Å². The summed E-state index contributed by atoms with van der Waals surface area (Å²) in [5, 5.41) is 3.65. The van der Waals surface area contributed by atoms with E-state index in [9.17, 15) is 4.79 Å². The molecule has 0 radical (unpaired) electrons. The van der Waals surface area contributed by atoms with Crippen molar-refractivity contribution in [2.24, 2.45) is 0 Å². The van der Waals surface area contributed by atoms with Crippen LogP contribution in [0.2, 0.25) is 0 Å². The lowest BCUT2D eigenvalue weighted by Gasteiger charge is -2.23. The molecule has 3 aromatic carbocycles. The zero-order chi connectivity index (χ0) is 19.6. The SMILES string of the molecule is CC1(c2ccc(Oc3ccccc3)cc2)NC(=S)N(Cc2ccccc2)C1=O. The molecule has 1 aliphatic rings. The molecule has 5 heteroatoms. The van der Waals surface area contributed by atoms with Gasteiger partial charge < -0.3 is 10.1 Å². The zero-order valence-electron chi connectivity index (χ0n) is 15.5. The molecule has 4 rings (SSSR count). The van der Waals surface area contributed by atoms with Gasteiger partial charge in [-0.05, 0) is 54.5 Å². The summed E-state index contributed by atoms with van der Waals surface area (Å²) in [5.74, 6) is 1.43. The van der Waals surface area contributed by atoms with Crippen molar-refractivity contribution in [3.05, 3.63) is 96.1 Å². The summed E-state index contributed by atoms with van der Waals surface area (Å²) >= 11 is 5.45. The van der Waals surface area contributed by atoms with Gasteiger partial charge in [-0.3, -0.25) is 9.69 Å². The van der Waals surface area contributed by atoms with Crippen LogP contribution in [0.1, 0.15) is 18.1 Å². The van der Waals surface area contributed by atoms with Gasteiger partial charge in [0.1, 0.15) is 17.0 Å². The third kappa shape index (κ3) is 3.49. The number of rotatable bonds is 5. The van der Waals surface area contributed by atoms with Crippen molar-refractivity contribution in [3.8, 4) is 11.5 Å². The van der Waals surface area contributed by atoms with E-state index in [0.717, 1.165) is 16.9 Å². The van der Waals surface area contributed by atoms with Gasteiger partial charge in [0.15, 0.2) is 5.11 Å². The van der Waals surface area contributed by atoms with E-state index < -0.39 is 5.54 Å². The van der Waals surface area contributed by atoms with Crippen molar-refractivity contribution < 1.29 is 9.53 Å². The van der Waals surface area contributed by atoms with Crippen LogP contribution in [0.5, 0.6) is 11.5 Å². The van der Waals surface area contributed by atoms with Crippen molar-refractivity contribution in [1.29, 1.82) is 0 Å². The van der Waals surface area contributed by atoms with Crippen LogP contribution < -0.4 is 10.1 Å². The molecular weight excluding hydrogens is 368 g/mol. The average molecular weight is 388 g/mol. The van der Waals surface area contributed by atoms with E-state index in [-0.39, 0.29) is 5.91 Å². The van der Waals surface area contributed by atoms with Gasteiger partial charge in [-0.2, -0.15) is 0 Å². The molecule has 1 fully saturated rings. The van der Waals surface area contributed by atoms with Gasteiger partial charge in [-0.25, -0.2) is 0 Å². The first-order valence-corrected chi connectivity index (χ1v) is 9.48. The Morgan fingerprint density at radius 3 is 2.11 bits per heavy atom. The van der Waals surface area contributed by atoms with Gasteiger partial charge in [0.05, 0.1) is 6.54 Å². The Labute approximate surface area is 169 Å². The predicted molar refractivity (Wildman–Crippen MR) is 113 cm³/mol. The van der Waals surface area contributed by atoms with E-state index in [1.54, 1.807) is 4.90 Å². The monoisotopic (exact) mass is 388 g/mol. The van der Waals surface area contributed by atoms with E-state index in [1.807, 2.05) is 91.9 Å². The lowest BCUT2D eigenvalue weighted by Crippen LogP contribution is -2.40. The highest BCUT2D eigenvalue weighted by Crippen LogP contribution is 2.32. The van der Waals surface area contributed by atoms with E-state index in [2.05, 4.69) is 5.32 Å². The number of carbonyl (C=O) groups is 1. The molecule has 0 saturated carbocycles. The number of hydrogen-bond acceptors (Lipinski definition) is 3. The van der Waals surface area contributed by atoms with Gasteiger partial charge in [-0.1, -0.05) is 60.7 Å². The molecule has 1 aliphatic heterocycles. The van der Waals surface area contributed by atoms with Gasteiger partial charge in [0.25, 0.3) is 5.91 Å². The Morgan fingerprint density at radius 2 is 1.46 bits per heavy atom. The first-order valence-electron chi connectivity index (χ1n) is 9.08. The Balaban J connectivity index is 1.53. The lowest BCUT2D eigenvalue weighted by atomic mass is 9.92. The van der Waals surface area contributed by atoms with Crippen molar-refractivity contribution in [1.82, 2.24) is 10.2 Å². The van der Waals surface area contributed by atoms with Gasteiger partial charge in [-0.15, -0.1) is 0 Å². The number of nitrogens with one attached hydrogen (secondary N) is 1. The normalized spacial score (nSPS) is 18.8. The number of nitrogens with zero attached hydrogens (tertiary/aromatic N) is 1. The molecule has 0 bridgehead atoms. The number of thiocarbonyl (C=S) groups is 1. The Hall–Kier alpha value is -3.18. The highest BCUT2D eigenvalue weighted by Gasteiger charge is 2.46. The number of benzene rings is 3. The topological polar surface area (TPSA) is 41.6 Å². The first-order chi connectivity index (χ1) is 13.6. The quantitative estimate of drug-likeness (QED) is 0.648. The van der Waals surface area contributed by atoms with Crippen LogP contribution in [-0.4, -0.2) is 15.9 Å². The predicted octanol–water partition coefficient (Wildman–Crippen LogP) is 4.61. The number of hydrogen-bond donors (Lipinski definition) is 1. The van der Waals surface area contributed by atoms with E-state index in [0.29, 0.717) is 17.4 Å². The molecule has 1 saturated heterocycles. The second-order valence-corrected chi connectivity index (χ2v) is 7.26. The molecule has 140 valence electrons. The van der Waals surface area contributed by atoms with Crippen molar-refractivity contribution in [2.45, 2.75) is 19.0 Å². The number of para-hydroxylation sites is 1. The molecule has 4 nitrogen and oxygen atoms in total. The molecule has 1 unspecified atom stereocenters. The van der Waals surface area contributed by atoms with Crippen LogP contribution in [0.3, 0.4) is 0 Å². The average Bonchev–Trinajstić information content (AvgIpc) is 2.94. The summed E-state index contributed by atoms with van der Waals surface area (Å²) in [4.78, 5) is 14.8. The molecular formula is C23H20N2O2S. The van der Waals surface area contributed by atoms with E-state index >= 15 is 0 Å². The minimum atomic E-state index is -0.892. The summed E-state index contributed by atoms with van der Waals surface area (Å²) in [5.41, 5.74) is 0.989. The first kappa shape index (κ1) is 18.2. The molecule has 1 heterocycles. The van der Waals surface area contributed by atoms with Crippen LogP contribution >= 0.6 is 12.2 Å². The van der Waals surface area contributed by atoms with Crippen LogP contribution in [-0.2, 0) is 16.9 Å². The molecule has 0 spiro atoms. The summed E-state index contributed by atoms with van der Waals surface area (Å²) in [6.45, 7) is 2.32. The molecule has 0 aromatic heterocycles. The number of carbonyl (C=O) groups excluding carboxylic acids is 1. The number of amides is 1. The largest absolute Gasteiger partial charge is 0.457 e. The minimum Gasteiger partial charge on any atom is -0.457 e. The molecule has 3 aromatic rings. The summed E-state index contributed by atoms with van der Waals surface area (Å²) in [6.07, 6.45) is 0. The molecule has 28 heavy (non-hydrogen) atoms. The lowest BCUT2D eigenvalue weighted by molar-refractivity contribution is -0.131. The van der Waals surface area contributed by atoms with Crippen molar-refractivity contribution in [2.75, 3.05) is 0 Å². The molecule has 1 atom stereocenters. The van der Waals surface area contributed by atoms with Crippen LogP contribution in [0.4, 0.5) is 0 Å². The van der Waals surface area contributed by atoms with E-state index in [1.165, 1.54) is 0 Å². The summed E-state index contributed by atoms with van der Waals surface area (Å²) in [7, 11) is 0. The number of ether oxygens (including phenoxy) is 1. The fourth-order valence-corrected chi connectivity index (χ4v) is 3.63. The Kier molecular flexibility index (Phi) is 4.84. The fourth-order valence-electron chi connectivity index (χ4n) is 3.28. The Morgan fingerprint density at radius 1 is 0.893 bits per heavy atom. The molecule has 0 aliphatic carbocycles. The van der Waals surface area contributed by atoms with Gasteiger partial charge in [0, 0.05) is 0 Å². The third-order valence-corrected chi connectivity index (χ3v) is 5.19. The second kappa shape index (κ2) is 7.44. The highest BCUT2D eigenvalue weighted by molar-refractivity contribution is 7.80. The van der Waals surface area contributed by atoms with Crippen molar-refractivity contribution in [3.63, 3.8) is 0 Å². The second-order valence-electron chi connectivity index (χ2n) is 6.87. The van der Waals surface area contributed by atoms with Crippen molar-refractivity contribution >= 4 is 23.2 Å². The maximum atomic E-state index is 13.2. The Bertz CT molecular complexity index is 990. The van der Waals surface area contributed by atoms with Crippen LogP contribution in [0.25, 0.3) is 0 Å². The molecule has 1 N–H and O–H groups in total. The fraction of sp³-hybridized carbons (Fsp3) is 0.130. The van der Waals surface area contributed by atoms with Gasteiger partial charge in [0.2, 0.25) is 0 Å². The standard InChI is InChI=1S/C23H20N2O2S/c1-23(18-12-14-20(15-13-18)27-19-10-6-3-7-11-19)21(26)25(22(28)24-23)16-17-8-4-2-5-9-17/h2-15H,16H2,1H3,(H,24,28). The zero-order valence-corrected chi connectivity index (χ0v) is 16.3. The highest BCUT2D eigenvalue weighted by atomic mass is 32.1. The third-order valence-electron chi connectivity index (χ3n) is 4.87. The van der Waals surface area contributed by atoms with Gasteiger partial charge >= 0.3 is 0 Å². The molecule has 1 amide bonds. The smallest absolute Gasteiger partial charge is 0.259 e. The maximum absolute atomic E-state index is 13.2. The van der Waals surface area contributed by atoms with E-state index in [4.69, 9.17) is 17.0 Å².